The third-order valence-corrected chi connectivity index (χ3v) is 3.52. The number of aliphatic hydroxyl groups is 1. The van der Waals surface area contributed by atoms with E-state index in [0.29, 0.717) is 18.4 Å². The first-order valence-electron chi connectivity index (χ1n) is 7.24. The molecule has 5 heteroatoms. The molecule has 0 aliphatic carbocycles. The number of benzene rings is 1. The van der Waals surface area contributed by atoms with Gasteiger partial charge in [0.1, 0.15) is 11.5 Å². The van der Waals surface area contributed by atoms with Crippen LogP contribution in [0.1, 0.15) is 32.8 Å². The molecule has 0 saturated heterocycles. The van der Waals surface area contributed by atoms with Crippen LogP contribution in [0.15, 0.2) is 18.2 Å². The molecule has 0 spiro atoms. The molecule has 0 aliphatic heterocycles. The molecule has 0 aromatic heterocycles. The highest BCUT2D eigenvalue weighted by Gasteiger charge is 2.17. The van der Waals surface area contributed by atoms with Crippen LogP contribution >= 0.6 is 0 Å². The second-order valence-corrected chi connectivity index (χ2v) is 5.93. The average molecular weight is 295 g/mol. The van der Waals surface area contributed by atoms with Crippen LogP contribution in [0.3, 0.4) is 0 Å². The lowest BCUT2D eigenvalue weighted by Crippen LogP contribution is -2.41. The second kappa shape index (κ2) is 7.88. The van der Waals surface area contributed by atoms with Crippen molar-refractivity contribution in [2.45, 2.75) is 39.7 Å². The molecular formula is C16H25NO4. The van der Waals surface area contributed by atoms with Crippen molar-refractivity contribution in [3.05, 3.63) is 23.8 Å². The number of hydrogen-bond donors (Lipinski definition) is 4. The van der Waals surface area contributed by atoms with E-state index in [9.17, 15) is 20.1 Å². The van der Waals surface area contributed by atoms with Crippen molar-refractivity contribution in [2.24, 2.45) is 11.8 Å². The molecule has 1 amide bonds. The molecule has 118 valence electrons. The largest absolute Gasteiger partial charge is 0.508 e. The molecule has 0 aliphatic rings. The Morgan fingerprint density at radius 1 is 1.24 bits per heavy atom. The fourth-order valence-corrected chi connectivity index (χ4v) is 2.18. The Balaban J connectivity index is 2.53. The number of nitrogens with one attached hydrogen (secondary N) is 1. The summed E-state index contributed by atoms with van der Waals surface area (Å²) >= 11 is 0. The van der Waals surface area contributed by atoms with E-state index in [1.807, 2.05) is 20.8 Å². The minimum Gasteiger partial charge on any atom is -0.508 e. The normalized spacial score (nSPS) is 14.0. The predicted molar refractivity (Wildman–Crippen MR) is 81.1 cm³/mol. The van der Waals surface area contributed by atoms with Gasteiger partial charge in [0, 0.05) is 12.5 Å². The van der Waals surface area contributed by atoms with Crippen LogP contribution in [0.4, 0.5) is 0 Å². The Kier molecular flexibility index (Phi) is 6.49. The van der Waals surface area contributed by atoms with Gasteiger partial charge in [0.05, 0.1) is 12.6 Å². The van der Waals surface area contributed by atoms with Crippen LogP contribution in [0, 0.1) is 11.8 Å². The molecule has 0 radical (unpaired) electrons. The Labute approximate surface area is 125 Å². The van der Waals surface area contributed by atoms with Gasteiger partial charge in [0.2, 0.25) is 5.91 Å². The summed E-state index contributed by atoms with van der Waals surface area (Å²) in [5, 5.41) is 31.0. The zero-order chi connectivity index (χ0) is 16.0. The maximum Gasteiger partial charge on any atom is 0.220 e. The molecule has 0 fully saturated rings. The van der Waals surface area contributed by atoms with Crippen LogP contribution in [0.2, 0.25) is 0 Å². The maximum absolute atomic E-state index is 11.9. The monoisotopic (exact) mass is 295 g/mol. The van der Waals surface area contributed by atoms with Crippen molar-refractivity contribution in [3.63, 3.8) is 0 Å². The zero-order valence-corrected chi connectivity index (χ0v) is 12.8. The van der Waals surface area contributed by atoms with Crippen LogP contribution in [-0.2, 0) is 11.2 Å². The summed E-state index contributed by atoms with van der Waals surface area (Å²) in [6, 6.07) is 4.24. The van der Waals surface area contributed by atoms with Gasteiger partial charge in [-0.1, -0.05) is 26.8 Å². The lowest BCUT2D eigenvalue weighted by atomic mass is 9.96. The second-order valence-electron chi connectivity index (χ2n) is 5.93. The number of hydrogen-bond acceptors (Lipinski definition) is 4. The number of rotatable bonds is 7. The molecule has 5 nitrogen and oxygen atoms in total. The van der Waals surface area contributed by atoms with Gasteiger partial charge in [-0.05, 0) is 29.9 Å². The standard InChI is InChI=1S/C16H25NO4/c1-10(2)14(9-18)17-16(21)7-11(3)6-12-4-5-13(19)8-15(12)20/h4-5,8,10-11,14,18-20H,6-7,9H2,1-3H3,(H,17,21). The van der Waals surface area contributed by atoms with E-state index in [1.54, 1.807) is 6.07 Å². The molecule has 0 saturated carbocycles. The molecule has 21 heavy (non-hydrogen) atoms. The molecule has 2 unspecified atom stereocenters. The van der Waals surface area contributed by atoms with E-state index >= 15 is 0 Å². The summed E-state index contributed by atoms with van der Waals surface area (Å²) in [6.45, 7) is 5.74. The van der Waals surface area contributed by atoms with Gasteiger partial charge in [-0.2, -0.15) is 0 Å². The summed E-state index contributed by atoms with van der Waals surface area (Å²) in [7, 11) is 0. The molecule has 1 aromatic rings. The molecule has 1 rings (SSSR count). The molecule has 4 N–H and O–H groups in total. The Morgan fingerprint density at radius 3 is 2.43 bits per heavy atom. The van der Waals surface area contributed by atoms with Gasteiger partial charge in [0.25, 0.3) is 0 Å². The third kappa shape index (κ3) is 5.63. The van der Waals surface area contributed by atoms with Crippen LogP contribution in [0.5, 0.6) is 11.5 Å². The van der Waals surface area contributed by atoms with E-state index in [0.717, 1.165) is 0 Å². The Morgan fingerprint density at radius 2 is 1.90 bits per heavy atom. The predicted octanol–water partition coefficient (Wildman–Crippen LogP) is 1.80. The van der Waals surface area contributed by atoms with Crippen molar-refractivity contribution in [2.75, 3.05) is 6.61 Å². The summed E-state index contributed by atoms with van der Waals surface area (Å²) in [4.78, 5) is 11.9. The molecular weight excluding hydrogens is 270 g/mol. The number of aliphatic hydroxyl groups excluding tert-OH is 1. The van der Waals surface area contributed by atoms with Crippen LogP contribution in [0.25, 0.3) is 0 Å². The quantitative estimate of drug-likeness (QED) is 0.617. The number of aromatic hydroxyl groups is 2. The fourth-order valence-electron chi connectivity index (χ4n) is 2.18. The number of phenols is 2. The van der Waals surface area contributed by atoms with E-state index in [4.69, 9.17) is 0 Å². The van der Waals surface area contributed by atoms with Crippen LogP contribution in [-0.4, -0.2) is 33.9 Å². The van der Waals surface area contributed by atoms with Crippen molar-refractivity contribution in [1.82, 2.24) is 5.32 Å². The van der Waals surface area contributed by atoms with Gasteiger partial charge in [0.15, 0.2) is 0 Å². The lowest BCUT2D eigenvalue weighted by Gasteiger charge is -2.21. The van der Waals surface area contributed by atoms with Gasteiger partial charge in [-0.15, -0.1) is 0 Å². The van der Waals surface area contributed by atoms with Crippen LogP contribution < -0.4 is 5.32 Å². The Bertz CT molecular complexity index is 473. The number of amides is 1. The topological polar surface area (TPSA) is 89.8 Å². The van der Waals surface area contributed by atoms with Gasteiger partial charge in [-0.25, -0.2) is 0 Å². The molecule has 0 heterocycles. The highest BCUT2D eigenvalue weighted by Crippen LogP contribution is 2.25. The summed E-state index contributed by atoms with van der Waals surface area (Å²) in [5.41, 5.74) is 0.704. The van der Waals surface area contributed by atoms with E-state index < -0.39 is 0 Å². The first-order valence-corrected chi connectivity index (χ1v) is 7.24. The number of phenolic OH excluding ortho intramolecular Hbond substituents is 2. The molecule has 2 atom stereocenters. The summed E-state index contributed by atoms with van der Waals surface area (Å²) in [6.07, 6.45) is 0.870. The highest BCUT2D eigenvalue weighted by atomic mass is 16.3. The maximum atomic E-state index is 11.9. The van der Waals surface area contributed by atoms with E-state index in [-0.39, 0.29) is 41.9 Å². The smallest absolute Gasteiger partial charge is 0.220 e. The highest BCUT2D eigenvalue weighted by molar-refractivity contribution is 5.76. The van der Waals surface area contributed by atoms with E-state index in [1.165, 1.54) is 12.1 Å². The van der Waals surface area contributed by atoms with Gasteiger partial charge in [-0.3, -0.25) is 4.79 Å². The Hall–Kier alpha value is -1.75. The van der Waals surface area contributed by atoms with Gasteiger partial charge < -0.3 is 20.6 Å². The first kappa shape index (κ1) is 17.3. The number of carbonyl (C=O) groups is 1. The van der Waals surface area contributed by atoms with Gasteiger partial charge >= 0.3 is 0 Å². The first-order chi connectivity index (χ1) is 9.83. The SMILES string of the molecule is CC(CC(=O)NC(CO)C(C)C)Cc1ccc(O)cc1O. The minimum absolute atomic E-state index is 0.0179. The molecule has 0 bridgehead atoms. The molecule has 1 aromatic carbocycles. The zero-order valence-electron chi connectivity index (χ0n) is 12.8. The van der Waals surface area contributed by atoms with Crippen molar-refractivity contribution >= 4 is 5.91 Å². The third-order valence-electron chi connectivity index (χ3n) is 3.52. The van der Waals surface area contributed by atoms with Crippen molar-refractivity contribution in [1.29, 1.82) is 0 Å². The fraction of sp³-hybridized carbons (Fsp3) is 0.562. The average Bonchev–Trinajstić information content (AvgIpc) is 2.38. The summed E-state index contributed by atoms with van der Waals surface area (Å²) < 4.78 is 0. The minimum atomic E-state index is -0.230. The number of carbonyl (C=O) groups excluding carboxylic acids is 1. The van der Waals surface area contributed by atoms with Crippen molar-refractivity contribution in [3.8, 4) is 11.5 Å². The van der Waals surface area contributed by atoms with E-state index in [2.05, 4.69) is 5.32 Å². The lowest BCUT2D eigenvalue weighted by molar-refractivity contribution is -0.123. The summed E-state index contributed by atoms with van der Waals surface area (Å²) in [5.74, 6) is 0.179. The van der Waals surface area contributed by atoms with Crippen molar-refractivity contribution < 1.29 is 20.1 Å².